The summed E-state index contributed by atoms with van der Waals surface area (Å²) in [6.45, 7) is 5.03. The van der Waals surface area contributed by atoms with E-state index in [1.165, 1.54) is 0 Å². The zero-order valence-electron chi connectivity index (χ0n) is 16.8. The second-order valence-corrected chi connectivity index (χ2v) is 7.61. The van der Waals surface area contributed by atoms with E-state index in [4.69, 9.17) is 8.83 Å². The Morgan fingerprint density at radius 1 is 1.03 bits per heavy atom. The van der Waals surface area contributed by atoms with Crippen LogP contribution in [-0.2, 0) is 0 Å². The number of aryl methyl sites for hydroxylation is 2. The third kappa shape index (κ3) is 3.24. The maximum absolute atomic E-state index is 13.0. The molecule has 0 atom stereocenters. The Kier molecular flexibility index (Phi) is 4.54. The van der Waals surface area contributed by atoms with Crippen LogP contribution in [-0.4, -0.2) is 44.1 Å². The van der Waals surface area contributed by atoms with Crippen molar-refractivity contribution in [3.05, 3.63) is 59.6 Å². The molecule has 0 bridgehead atoms. The molecule has 0 saturated carbocycles. The fourth-order valence-electron chi connectivity index (χ4n) is 3.86. The lowest BCUT2D eigenvalue weighted by atomic mass is 9.96. The standard InChI is InChI=1S/C22H21N5O3/c1-13-11-24-17(12-23-13)21-26-25-20(30-21)15-7-9-27(10-8-15)22(28)19-14(2)16-5-3-4-6-18(16)29-19/h3-6,11-12,15H,7-10H2,1-2H3. The Labute approximate surface area is 172 Å². The number of para-hydroxylation sites is 1. The largest absolute Gasteiger partial charge is 0.451 e. The number of hydrogen-bond donors (Lipinski definition) is 0. The van der Waals surface area contributed by atoms with Gasteiger partial charge in [0.05, 0.1) is 11.9 Å². The maximum atomic E-state index is 13.0. The van der Waals surface area contributed by atoms with Gasteiger partial charge < -0.3 is 13.7 Å². The molecule has 0 aliphatic carbocycles. The van der Waals surface area contributed by atoms with Gasteiger partial charge in [0, 0.05) is 36.2 Å². The lowest BCUT2D eigenvalue weighted by molar-refractivity contribution is 0.0675. The van der Waals surface area contributed by atoms with Crippen molar-refractivity contribution in [1.82, 2.24) is 25.1 Å². The smallest absolute Gasteiger partial charge is 0.289 e. The van der Waals surface area contributed by atoms with Crippen molar-refractivity contribution in [2.75, 3.05) is 13.1 Å². The van der Waals surface area contributed by atoms with Crippen molar-refractivity contribution in [2.45, 2.75) is 32.6 Å². The second-order valence-electron chi connectivity index (χ2n) is 7.61. The molecule has 8 nitrogen and oxygen atoms in total. The number of amides is 1. The number of fused-ring (bicyclic) bond motifs is 1. The summed E-state index contributed by atoms with van der Waals surface area (Å²) in [5.41, 5.74) is 3.02. The predicted molar refractivity (Wildman–Crippen MR) is 109 cm³/mol. The lowest BCUT2D eigenvalue weighted by Gasteiger charge is -2.29. The predicted octanol–water partition coefficient (Wildman–Crippen LogP) is 3.91. The summed E-state index contributed by atoms with van der Waals surface area (Å²) in [7, 11) is 0. The van der Waals surface area contributed by atoms with Gasteiger partial charge in [-0.25, -0.2) is 4.98 Å². The topological polar surface area (TPSA) is 98.2 Å². The van der Waals surface area contributed by atoms with E-state index in [1.807, 2.05) is 43.0 Å². The number of piperidine rings is 1. The molecule has 1 fully saturated rings. The van der Waals surface area contributed by atoms with E-state index in [2.05, 4.69) is 20.2 Å². The number of benzene rings is 1. The second kappa shape index (κ2) is 7.37. The van der Waals surface area contributed by atoms with Gasteiger partial charge in [-0.15, -0.1) is 10.2 Å². The number of nitrogens with zero attached hydrogens (tertiary/aromatic N) is 5. The SMILES string of the molecule is Cc1cnc(-c2nnc(C3CCN(C(=O)c4oc5ccccc5c4C)CC3)o2)cn1. The van der Waals surface area contributed by atoms with E-state index in [9.17, 15) is 4.79 Å². The minimum atomic E-state index is -0.0664. The van der Waals surface area contributed by atoms with Crippen LogP contribution in [0, 0.1) is 13.8 Å². The molecule has 0 N–H and O–H groups in total. The first-order valence-corrected chi connectivity index (χ1v) is 10.00. The summed E-state index contributed by atoms with van der Waals surface area (Å²) >= 11 is 0. The molecular formula is C22H21N5O3. The Hall–Kier alpha value is -3.55. The van der Waals surface area contributed by atoms with Crippen LogP contribution in [0.25, 0.3) is 22.6 Å². The van der Waals surface area contributed by atoms with Gasteiger partial charge in [-0.3, -0.25) is 9.78 Å². The minimum Gasteiger partial charge on any atom is -0.451 e. The molecule has 5 rings (SSSR count). The summed E-state index contributed by atoms with van der Waals surface area (Å²) in [6, 6.07) is 7.72. The highest BCUT2D eigenvalue weighted by atomic mass is 16.4. The fourth-order valence-corrected chi connectivity index (χ4v) is 3.86. The first kappa shape index (κ1) is 18.5. The highest BCUT2D eigenvalue weighted by molar-refractivity contribution is 5.98. The number of aromatic nitrogens is 4. The van der Waals surface area contributed by atoms with E-state index < -0.39 is 0 Å². The van der Waals surface area contributed by atoms with E-state index in [0.717, 1.165) is 35.1 Å². The number of hydrogen-bond acceptors (Lipinski definition) is 7. The number of carbonyl (C=O) groups is 1. The quantitative estimate of drug-likeness (QED) is 0.511. The summed E-state index contributed by atoms with van der Waals surface area (Å²) < 4.78 is 11.7. The van der Waals surface area contributed by atoms with E-state index in [0.29, 0.717) is 36.3 Å². The molecular weight excluding hydrogens is 382 g/mol. The molecule has 4 aromatic rings. The average Bonchev–Trinajstić information content (AvgIpc) is 3.40. The molecule has 3 aromatic heterocycles. The van der Waals surface area contributed by atoms with Gasteiger partial charge in [0.15, 0.2) is 5.76 Å². The molecule has 0 radical (unpaired) electrons. The third-order valence-electron chi connectivity index (χ3n) is 5.61. The molecule has 1 aliphatic heterocycles. The molecule has 152 valence electrons. The van der Waals surface area contributed by atoms with Gasteiger partial charge in [-0.1, -0.05) is 18.2 Å². The lowest BCUT2D eigenvalue weighted by Crippen LogP contribution is -2.38. The van der Waals surface area contributed by atoms with E-state index in [1.54, 1.807) is 12.4 Å². The molecule has 0 spiro atoms. The maximum Gasteiger partial charge on any atom is 0.289 e. The third-order valence-corrected chi connectivity index (χ3v) is 5.61. The molecule has 1 aliphatic rings. The van der Waals surface area contributed by atoms with Crippen molar-refractivity contribution >= 4 is 16.9 Å². The molecule has 1 saturated heterocycles. The van der Waals surface area contributed by atoms with E-state index in [-0.39, 0.29) is 11.8 Å². The number of likely N-dealkylation sites (tertiary alicyclic amines) is 1. The van der Waals surface area contributed by atoms with Crippen LogP contribution in [0.4, 0.5) is 0 Å². The van der Waals surface area contributed by atoms with Gasteiger partial charge >= 0.3 is 0 Å². The Balaban J connectivity index is 1.28. The van der Waals surface area contributed by atoms with Crippen molar-refractivity contribution in [2.24, 2.45) is 0 Å². The average molecular weight is 403 g/mol. The monoisotopic (exact) mass is 403 g/mol. The Morgan fingerprint density at radius 2 is 1.83 bits per heavy atom. The Morgan fingerprint density at radius 3 is 2.57 bits per heavy atom. The highest BCUT2D eigenvalue weighted by Gasteiger charge is 2.30. The van der Waals surface area contributed by atoms with Crippen LogP contribution in [0.2, 0.25) is 0 Å². The molecule has 1 aromatic carbocycles. The summed E-state index contributed by atoms with van der Waals surface area (Å²) in [5, 5.41) is 9.30. The van der Waals surface area contributed by atoms with Crippen LogP contribution >= 0.6 is 0 Å². The summed E-state index contributed by atoms with van der Waals surface area (Å²) in [6.07, 6.45) is 4.81. The van der Waals surface area contributed by atoms with Crippen molar-refractivity contribution in [3.8, 4) is 11.6 Å². The van der Waals surface area contributed by atoms with Crippen LogP contribution in [0.5, 0.6) is 0 Å². The van der Waals surface area contributed by atoms with Crippen LogP contribution in [0.15, 0.2) is 45.5 Å². The van der Waals surface area contributed by atoms with Crippen LogP contribution in [0.3, 0.4) is 0 Å². The molecule has 0 unspecified atom stereocenters. The van der Waals surface area contributed by atoms with Gasteiger partial charge in [-0.05, 0) is 32.8 Å². The van der Waals surface area contributed by atoms with E-state index >= 15 is 0 Å². The van der Waals surface area contributed by atoms with Crippen molar-refractivity contribution < 1.29 is 13.6 Å². The fraction of sp³-hybridized carbons (Fsp3) is 0.318. The molecule has 30 heavy (non-hydrogen) atoms. The normalized spacial score (nSPS) is 15.1. The van der Waals surface area contributed by atoms with Crippen molar-refractivity contribution in [1.29, 1.82) is 0 Å². The zero-order valence-corrected chi connectivity index (χ0v) is 16.8. The number of carbonyl (C=O) groups excluding carboxylic acids is 1. The summed E-state index contributed by atoms with van der Waals surface area (Å²) in [4.78, 5) is 23.3. The first-order valence-electron chi connectivity index (χ1n) is 10.00. The van der Waals surface area contributed by atoms with Gasteiger partial charge in [-0.2, -0.15) is 0 Å². The number of furan rings is 1. The molecule has 4 heterocycles. The van der Waals surface area contributed by atoms with Gasteiger partial charge in [0.2, 0.25) is 5.89 Å². The molecule has 1 amide bonds. The van der Waals surface area contributed by atoms with Crippen molar-refractivity contribution in [3.63, 3.8) is 0 Å². The zero-order chi connectivity index (χ0) is 20.7. The number of rotatable bonds is 3. The van der Waals surface area contributed by atoms with Gasteiger partial charge in [0.1, 0.15) is 11.3 Å². The van der Waals surface area contributed by atoms with Crippen LogP contribution < -0.4 is 0 Å². The first-order chi connectivity index (χ1) is 14.6. The van der Waals surface area contributed by atoms with Gasteiger partial charge in [0.25, 0.3) is 11.8 Å². The summed E-state index contributed by atoms with van der Waals surface area (Å²) in [5.74, 6) is 1.43. The minimum absolute atomic E-state index is 0.0664. The highest BCUT2D eigenvalue weighted by Crippen LogP contribution is 2.31. The molecule has 8 heteroatoms. The van der Waals surface area contributed by atoms with Crippen LogP contribution in [0.1, 0.15) is 46.5 Å². The Bertz CT molecular complexity index is 1200.